The first-order valence-electron chi connectivity index (χ1n) is 13.3. The summed E-state index contributed by atoms with van der Waals surface area (Å²) in [7, 11) is 3.15. The Morgan fingerprint density at radius 1 is 1.02 bits per heavy atom. The predicted molar refractivity (Wildman–Crippen MR) is 163 cm³/mol. The molecule has 0 N–H and O–H groups in total. The van der Waals surface area contributed by atoms with E-state index in [4.69, 9.17) is 23.9 Å². The molecule has 2 heterocycles. The highest BCUT2D eigenvalue weighted by molar-refractivity contribution is 7.07. The van der Waals surface area contributed by atoms with E-state index in [0.717, 1.165) is 16.7 Å². The minimum absolute atomic E-state index is 0.179. The van der Waals surface area contributed by atoms with Crippen molar-refractivity contribution in [2.75, 3.05) is 27.4 Å². The molecule has 0 saturated heterocycles. The summed E-state index contributed by atoms with van der Waals surface area (Å²) in [6.07, 6.45) is 3.44. The summed E-state index contributed by atoms with van der Waals surface area (Å²) in [5, 5.41) is 0. The molecule has 3 aromatic carbocycles. The molecule has 0 spiro atoms. The molecule has 0 aliphatic carbocycles. The zero-order valence-corrected chi connectivity index (χ0v) is 24.4. The lowest BCUT2D eigenvalue weighted by Gasteiger charge is -2.26. The number of carbonyl (C=O) groups is 1. The largest absolute Gasteiger partial charge is 0.497 e. The average Bonchev–Trinajstić information content (AvgIpc) is 3.34. The number of fused-ring (bicyclic) bond motifs is 1. The Balaban J connectivity index is 1.75. The van der Waals surface area contributed by atoms with E-state index in [1.54, 1.807) is 62.1 Å². The summed E-state index contributed by atoms with van der Waals surface area (Å²) in [4.78, 5) is 33.0. The van der Waals surface area contributed by atoms with Crippen LogP contribution in [-0.2, 0) is 9.53 Å². The zero-order valence-electron chi connectivity index (χ0n) is 23.5. The monoisotopic (exact) mass is 582 g/mol. The maximum Gasteiger partial charge on any atom is 0.338 e. The molecule has 0 saturated carbocycles. The van der Waals surface area contributed by atoms with E-state index in [-0.39, 0.29) is 17.7 Å². The van der Waals surface area contributed by atoms with Gasteiger partial charge in [-0.3, -0.25) is 9.36 Å². The molecule has 1 aliphatic rings. The maximum atomic E-state index is 14.1. The van der Waals surface area contributed by atoms with Gasteiger partial charge in [-0.15, -0.1) is 0 Å². The summed E-state index contributed by atoms with van der Waals surface area (Å²) in [6, 6.07) is 21.4. The van der Waals surface area contributed by atoms with Crippen LogP contribution in [0.3, 0.4) is 0 Å². The van der Waals surface area contributed by atoms with Gasteiger partial charge in [0.15, 0.2) is 16.3 Å². The lowest BCUT2D eigenvalue weighted by atomic mass is 9.93. The number of carbonyl (C=O) groups excluding carboxylic acids is 1. The summed E-state index contributed by atoms with van der Waals surface area (Å²) in [5.74, 6) is 1.23. The van der Waals surface area contributed by atoms with Crippen LogP contribution < -0.4 is 29.1 Å². The molecule has 9 heteroatoms. The third-order valence-corrected chi connectivity index (χ3v) is 7.63. The minimum Gasteiger partial charge on any atom is -0.497 e. The highest BCUT2D eigenvalue weighted by Crippen LogP contribution is 2.36. The van der Waals surface area contributed by atoms with Gasteiger partial charge in [0.1, 0.15) is 12.4 Å². The minimum atomic E-state index is -0.771. The van der Waals surface area contributed by atoms with Gasteiger partial charge in [0.25, 0.3) is 5.56 Å². The molecule has 0 fully saturated rings. The van der Waals surface area contributed by atoms with Gasteiger partial charge in [-0.25, -0.2) is 9.79 Å². The number of thiazole rings is 1. The van der Waals surface area contributed by atoms with Crippen molar-refractivity contribution in [3.8, 4) is 17.2 Å². The number of methoxy groups -OCH3 is 2. The maximum absolute atomic E-state index is 14.1. The molecule has 0 bridgehead atoms. The zero-order chi connectivity index (χ0) is 29.6. The van der Waals surface area contributed by atoms with Crippen LogP contribution in [0, 0.1) is 0 Å². The molecular weight excluding hydrogens is 552 g/mol. The Hall–Kier alpha value is -4.89. The Labute approximate surface area is 247 Å². The summed E-state index contributed by atoms with van der Waals surface area (Å²) < 4.78 is 24.1. The van der Waals surface area contributed by atoms with E-state index in [2.05, 4.69) is 6.58 Å². The number of aromatic nitrogens is 1. The van der Waals surface area contributed by atoms with Crippen molar-refractivity contribution in [2.45, 2.75) is 13.0 Å². The Morgan fingerprint density at radius 2 is 1.79 bits per heavy atom. The molecular formula is C33H30N2O6S. The normalized spacial score (nSPS) is 14.5. The average molecular weight is 583 g/mol. The van der Waals surface area contributed by atoms with Gasteiger partial charge >= 0.3 is 5.97 Å². The van der Waals surface area contributed by atoms with E-state index in [1.807, 2.05) is 48.5 Å². The fourth-order valence-corrected chi connectivity index (χ4v) is 5.74. The van der Waals surface area contributed by atoms with Crippen LogP contribution in [-0.4, -0.2) is 38.0 Å². The van der Waals surface area contributed by atoms with Crippen LogP contribution >= 0.6 is 11.3 Å². The second kappa shape index (κ2) is 12.7. The first kappa shape index (κ1) is 28.6. The number of ether oxygens (including phenoxy) is 4. The van der Waals surface area contributed by atoms with Crippen molar-refractivity contribution in [2.24, 2.45) is 4.99 Å². The smallest absolute Gasteiger partial charge is 0.338 e. The highest BCUT2D eigenvalue weighted by Gasteiger charge is 2.35. The van der Waals surface area contributed by atoms with Gasteiger partial charge in [0.05, 0.1) is 42.7 Å². The lowest BCUT2D eigenvalue weighted by Crippen LogP contribution is -2.40. The van der Waals surface area contributed by atoms with Gasteiger partial charge in [-0.05, 0) is 48.4 Å². The third-order valence-electron chi connectivity index (χ3n) is 6.65. The fraction of sp³-hybridized carbons (Fsp3) is 0.182. The van der Waals surface area contributed by atoms with Crippen molar-refractivity contribution in [1.29, 1.82) is 0 Å². The lowest BCUT2D eigenvalue weighted by molar-refractivity contribution is -0.138. The van der Waals surface area contributed by atoms with Crippen molar-refractivity contribution < 1.29 is 23.7 Å². The van der Waals surface area contributed by atoms with Crippen LogP contribution in [0.25, 0.3) is 11.8 Å². The van der Waals surface area contributed by atoms with Gasteiger partial charge in [0.2, 0.25) is 0 Å². The number of nitrogens with zero attached hydrogens (tertiary/aromatic N) is 2. The number of esters is 1. The van der Waals surface area contributed by atoms with Crippen molar-refractivity contribution in [3.63, 3.8) is 0 Å². The first-order valence-corrected chi connectivity index (χ1v) is 14.1. The van der Waals surface area contributed by atoms with E-state index in [0.29, 0.717) is 38.9 Å². The molecule has 1 atom stereocenters. The highest BCUT2D eigenvalue weighted by atomic mass is 32.1. The number of benzene rings is 3. The molecule has 1 aliphatic heterocycles. The summed E-state index contributed by atoms with van der Waals surface area (Å²) in [5.41, 5.74) is 2.69. The summed E-state index contributed by atoms with van der Waals surface area (Å²) in [6.45, 7) is 5.95. The van der Waals surface area contributed by atoms with Crippen molar-refractivity contribution in [1.82, 2.24) is 4.57 Å². The number of hydrogen-bond donors (Lipinski definition) is 0. The molecule has 5 rings (SSSR count). The van der Waals surface area contributed by atoms with Crippen LogP contribution in [0.5, 0.6) is 17.2 Å². The molecule has 0 radical (unpaired) electrons. The molecule has 0 unspecified atom stereocenters. The SMILES string of the molecule is C=CCOc1ccc(/C=c2\sc3n(c2=O)[C@H](c2ccc(OC)cc2)C(C(=O)OCC)=C(c2ccccc2)N=3)cc1OC. The van der Waals surface area contributed by atoms with Crippen LogP contribution in [0.4, 0.5) is 0 Å². The quantitative estimate of drug-likeness (QED) is 0.202. The first-order chi connectivity index (χ1) is 20.5. The van der Waals surface area contributed by atoms with Gasteiger partial charge < -0.3 is 18.9 Å². The molecule has 4 aromatic rings. The second-order valence-corrected chi connectivity index (χ2v) is 10.2. The molecule has 0 amide bonds. The molecule has 214 valence electrons. The van der Waals surface area contributed by atoms with Crippen LogP contribution in [0.15, 0.2) is 101 Å². The Kier molecular flexibility index (Phi) is 8.68. The van der Waals surface area contributed by atoms with Gasteiger partial charge in [-0.1, -0.05) is 72.5 Å². The molecule has 1 aromatic heterocycles. The molecule has 42 heavy (non-hydrogen) atoms. The van der Waals surface area contributed by atoms with Crippen LogP contribution in [0.2, 0.25) is 0 Å². The standard InChI is InChI=1S/C33H30N2O6S/c1-5-18-41-25-17-12-21(19-26(25)39-4)20-27-31(36)35-30(23-13-15-24(38-3)16-14-23)28(32(37)40-6-2)29(34-33(35)42-27)22-10-8-7-9-11-22/h5,7-17,19-20,30H,1,6,18H2,2-4H3/b27-20-/t30-/m1/s1. The Bertz CT molecular complexity index is 1820. The van der Waals surface area contributed by atoms with E-state index in [1.165, 1.54) is 11.3 Å². The summed E-state index contributed by atoms with van der Waals surface area (Å²) >= 11 is 1.25. The van der Waals surface area contributed by atoms with Crippen molar-refractivity contribution >= 4 is 29.1 Å². The van der Waals surface area contributed by atoms with E-state index < -0.39 is 12.0 Å². The fourth-order valence-electron chi connectivity index (χ4n) is 4.74. The topological polar surface area (TPSA) is 88.4 Å². The second-order valence-electron chi connectivity index (χ2n) is 9.21. The van der Waals surface area contributed by atoms with E-state index >= 15 is 0 Å². The van der Waals surface area contributed by atoms with Crippen molar-refractivity contribution in [3.05, 3.63) is 127 Å². The molecule has 8 nitrogen and oxygen atoms in total. The number of rotatable bonds is 10. The van der Waals surface area contributed by atoms with Crippen LogP contribution in [0.1, 0.15) is 29.7 Å². The van der Waals surface area contributed by atoms with E-state index in [9.17, 15) is 9.59 Å². The third kappa shape index (κ3) is 5.64. The Morgan fingerprint density at radius 3 is 2.45 bits per heavy atom. The predicted octanol–water partition coefficient (Wildman–Crippen LogP) is 4.52. The van der Waals surface area contributed by atoms with Gasteiger partial charge in [-0.2, -0.15) is 0 Å². The number of hydrogen-bond acceptors (Lipinski definition) is 8. The van der Waals surface area contributed by atoms with Gasteiger partial charge in [0, 0.05) is 5.56 Å².